The number of hydrogen-bond donors (Lipinski definition) is 1. The van der Waals surface area contributed by atoms with Crippen molar-refractivity contribution in [3.63, 3.8) is 0 Å². The van der Waals surface area contributed by atoms with E-state index in [0.29, 0.717) is 12.1 Å². The second-order valence-corrected chi connectivity index (χ2v) is 5.95. The fraction of sp³-hybridized carbons (Fsp3) is 0.647. The molecular weight excluding hydrogens is 237 g/mol. The van der Waals surface area contributed by atoms with Gasteiger partial charge in [-0.05, 0) is 56.2 Å². The lowest BCUT2D eigenvalue weighted by atomic mass is 9.83. The van der Waals surface area contributed by atoms with Crippen LogP contribution in [0, 0.1) is 11.7 Å². The second-order valence-electron chi connectivity index (χ2n) is 5.95. The van der Waals surface area contributed by atoms with Crippen molar-refractivity contribution in [1.29, 1.82) is 0 Å². The van der Waals surface area contributed by atoms with E-state index in [1.165, 1.54) is 44.1 Å². The Hall–Kier alpha value is -0.890. The molecule has 19 heavy (non-hydrogen) atoms. The maximum Gasteiger partial charge on any atom is 0.123 e. The summed E-state index contributed by atoms with van der Waals surface area (Å²) in [6.45, 7) is 4.45. The zero-order valence-corrected chi connectivity index (χ0v) is 12.2. The third kappa shape index (κ3) is 4.31. The molecule has 0 aromatic heterocycles. The van der Waals surface area contributed by atoms with Gasteiger partial charge in [0.2, 0.25) is 0 Å². The molecule has 1 saturated carbocycles. The Bertz CT molecular complexity index is 365. The molecule has 106 valence electrons. The Balaban J connectivity index is 1.80. The van der Waals surface area contributed by atoms with Crippen molar-refractivity contribution in [2.75, 3.05) is 0 Å². The first-order chi connectivity index (χ1) is 9.19. The molecule has 1 unspecified atom stereocenters. The molecule has 0 heterocycles. The predicted molar refractivity (Wildman–Crippen MR) is 78.6 cm³/mol. The molecule has 1 aliphatic rings. The zero-order valence-electron chi connectivity index (χ0n) is 12.2. The number of benzene rings is 1. The highest BCUT2D eigenvalue weighted by Crippen LogP contribution is 2.29. The lowest BCUT2D eigenvalue weighted by molar-refractivity contribution is 0.266. The lowest BCUT2D eigenvalue weighted by Crippen LogP contribution is -2.35. The number of nitrogens with one attached hydrogen (secondary N) is 1. The Morgan fingerprint density at radius 2 is 1.79 bits per heavy atom. The van der Waals surface area contributed by atoms with Crippen LogP contribution >= 0.6 is 0 Å². The highest BCUT2D eigenvalue weighted by Gasteiger charge is 2.21. The van der Waals surface area contributed by atoms with Gasteiger partial charge < -0.3 is 5.32 Å². The summed E-state index contributed by atoms with van der Waals surface area (Å²) < 4.78 is 12.9. The number of rotatable bonds is 5. The summed E-state index contributed by atoms with van der Waals surface area (Å²) in [5, 5.41) is 3.69. The summed E-state index contributed by atoms with van der Waals surface area (Å²) in [7, 11) is 0. The van der Waals surface area contributed by atoms with Crippen LogP contribution in [-0.2, 0) is 0 Å². The molecule has 0 radical (unpaired) electrons. The van der Waals surface area contributed by atoms with E-state index in [9.17, 15) is 4.39 Å². The molecule has 1 atom stereocenters. The van der Waals surface area contributed by atoms with E-state index in [0.717, 1.165) is 5.92 Å². The van der Waals surface area contributed by atoms with Crippen LogP contribution in [0.1, 0.15) is 64.0 Å². The molecule has 1 aromatic rings. The SMILES string of the molecule is CCCC1CCC(NC(C)c2ccc(F)cc2)CC1. The molecule has 1 nitrogen and oxygen atoms in total. The van der Waals surface area contributed by atoms with Crippen molar-refractivity contribution in [2.24, 2.45) is 5.92 Å². The molecule has 0 spiro atoms. The Labute approximate surface area is 116 Å². The van der Waals surface area contributed by atoms with Crippen LogP contribution in [0.15, 0.2) is 24.3 Å². The highest BCUT2D eigenvalue weighted by atomic mass is 19.1. The average molecular weight is 263 g/mol. The Morgan fingerprint density at radius 3 is 2.37 bits per heavy atom. The first-order valence-corrected chi connectivity index (χ1v) is 7.70. The fourth-order valence-electron chi connectivity index (χ4n) is 3.23. The van der Waals surface area contributed by atoms with Crippen LogP contribution in [0.2, 0.25) is 0 Å². The van der Waals surface area contributed by atoms with Crippen molar-refractivity contribution < 1.29 is 4.39 Å². The number of halogens is 1. The minimum atomic E-state index is -0.156. The second kappa shape index (κ2) is 7.04. The van der Waals surface area contributed by atoms with Crippen molar-refractivity contribution in [3.8, 4) is 0 Å². The van der Waals surface area contributed by atoms with Gasteiger partial charge in [-0.2, -0.15) is 0 Å². The first-order valence-electron chi connectivity index (χ1n) is 7.70. The summed E-state index contributed by atoms with van der Waals surface area (Å²) in [5.41, 5.74) is 1.18. The summed E-state index contributed by atoms with van der Waals surface area (Å²) in [4.78, 5) is 0. The third-order valence-corrected chi connectivity index (χ3v) is 4.40. The quantitative estimate of drug-likeness (QED) is 0.802. The van der Waals surface area contributed by atoms with Crippen LogP contribution in [-0.4, -0.2) is 6.04 Å². The third-order valence-electron chi connectivity index (χ3n) is 4.40. The molecule has 1 N–H and O–H groups in total. The van der Waals surface area contributed by atoms with E-state index in [4.69, 9.17) is 0 Å². The summed E-state index contributed by atoms with van der Waals surface area (Å²) in [6, 6.07) is 7.81. The zero-order chi connectivity index (χ0) is 13.7. The maximum atomic E-state index is 12.9. The molecule has 0 aliphatic heterocycles. The van der Waals surface area contributed by atoms with Gasteiger partial charge in [-0.1, -0.05) is 31.9 Å². The molecule has 2 rings (SSSR count). The predicted octanol–water partition coefficient (Wildman–Crippen LogP) is 4.84. The van der Waals surface area contributed by atoms with Crippen LogP contribution in [0.5, 0.6) is 0 Å². The van der Waals surface area contributed by atoms with Gasteiger partial charge in [0.15, 0.2) is 0 Å². The Kier molecular flexibility index (Phi) is 5.38. The van der Waals surface area contributed by atoms with Crippen LogP contribution in [0.4, 0.5) is 4.39 Å². The van der Waals surface area contributed by atoms with Gasteiger partial charge >= 0.3 is 0 Å². The smallest absolute Gasteiger partial charge is 0.123 e. The molecule has 0 bridgehead atoms. The molecule has 1 fully saturated rings. The largest absolute Gasteiger partial charge is 0.307 e. The van der Waals surface area contributed by atoms with E-state index in [1.807, 2.05) is 12.1 Å². The van der Waals surface area contributed by atoms with E-state index >= 15 is 0 Å². The Morgan fingerprint density at radius 1 is 1.16 bits per heavy atom. The van der Waals surface area contributed by atoms with Gasteiger partial charge in [0.05, 0.1) is 0 Å². The van der Waals surface area contributed by atoms with Gasteiger partial charge in [0.1, 0.15) is 5.82 Å². The summed E-state index contributed by atoms with van der Waals surface area (Å²) >= 11 is 0. The monoisotopic (exact) mass is 263 g/mol. The first kappa shape index (κ1) is 14.5. The van der Waals surface area contributed by atoms with Crippen LogP contribution in [0.25, 0.3) is 0 Å². The van der Waals surface area contributed by atoms with Crippen molar-refractivity contribution in [2.45, 2.75) is 64.5 Å². The number of hydrogen-bond acceptors (Lipinski definition) is 1. The molecule has 1 aliphatic carbocycles. The average Bonchev–Trinajstić information content (AvgIpc) is 2.42. The lowest BCUT2D eigenvalue weighted by Gasteiger charge is -2.31. The van der Waals surface area contributed by atoms with Gasteiger partial charge in [-0.3, -0.25) is 0 Å². The molecule has 1 aromatic carbocycles. The topological polar surface area (TPSA) is 12.0 Å². The van der Waals surface area contributed by atoms with Crippen molar-refractivity contribution in [3.05, 3.63) is 35.6 Å². The van der Waals surface area contributed by atoms with E-state index in [2.05, 4.69) is 19.2 Å². The molecular formula is C17H26FN. The fourth-order valence-corrected chi connectivity index (χ4v) is 3.23. The van der Waals surface area contributed by atoms with Crippen molar-refractivity contribution in [1.82, 2.24) is 5.32 Å². The minimum Gasteiger partial charge on any atom is -0.307 e. The van der Waals surface area contributed by atoms with Gasteiger partial charge in [0.25, 0.3) is 0 Å². The maximum absolute atomic E-state index is 12.9. The normalized spacial score (nSPS) is 25.2. The highest BCUT2D eigenvalue weighted by molar-refractivity contribution is 5.19. The van der Waals surface area contributed by atoms with Gasteiger partial charge in [-0.25, -0.2) is 4.39 Å². The van der Waals surface area contributed by atoms with Gasteiger partial charge in [-0.15, -0.1) is 0 Å². The van der Waals surface area contributed by atoms with E-state index in [-0.39, 0.29) is 5.82 Å². The van der Waals surface area contributed by atoms with Crippen LogP contribution < -0.4 is 5.32 Å². The van der Waals surface area contributed by atoms with E-state index in [1.54, 1.807) is 12.1 Å². The molecule has 2 heteroatoms. The minimum absolute atomic E-state index is 0.156. The standard InChI is InChI=1S/C17H26FN/c1-3-4-14-5-11-17(12-6-14)19-13(2)15-7-9-16(18)10-8-15/h7-10,13-14,17,19H,3-6,11-12H2,1-2H3. The molecule has 0 amide bonds. The summed E-state index contributed by atoms with van der Waals surface area (Å²) in [5.74, 6) is 0.792. The summed E-state index contributed by atoms with van der Waals surface area (Å²) in [6.07, 6.45) is 8.00. The van der Waals surface area contributed by atoms with Crippen LogP contribution in [0.3, 0.4) is 0 Å². The van der Waals surface area contributed by atoms with Crippen molar-refractivity contribution >= 4 is 0 Å². The van der Waals surface area contributed by atoms with Gasteiger partial charge in [0, 0.05) is 12.1 Å². The molecule has 0 saturated heterocycles. The van der Waals surface area contributed by atoms with E-state index < -0.39 is 0 Å².